The summed E-state index contributed by atoms with van der Waals surface area (Å²) in [6.07, 6.45) is 5.72. The lowest BCUT2D eigenvalue weighted by molar-refractivity contribution is 0.392. The number of hydrogen-bond donors (Lipinski definition) is 1. The Bertz CT molecular complexity index is 419. The first-order chi connectivity index (χ1) is 8.16. The maximum atomic E-state index is 11.9. The van der Waals surface area contributed by atoms with Crippen LogP contribution < -0.4 is 5.32 Å². The largest absolute Gasteiger partial charge is 0.468 e. The van der Waals surface area contributed by atoms with Crippen LogP contribution in [0.1, 0.15) is 31.4 Å². The summed E-state index contributed by atoms with van der Waals surface area (Å²) in [5, 5.41) is 3.36. The maximum Gasteiger partial charge on any atom is 0.157 e. The highest BCUT2D eigenvalue weighted by molar-refractivity contribution is 7.90. The van der Waals surface area contributed by atoms with Crippen molar-refractivity contribution in [2.24, 2.45) is 0 Å². The summed E-state index contributed by atoms with van der Waals surface area (Å²) in [6.45, 7) is 1.02. The molecule has 96 valence electrons. The zero-order valence-corrected chi connectivity index (χ0v) is 10.7. The van der Waals surface area contributed by atoms with Gasteiger partial charge in [0, 0.05) is 6.04 Å². The van der Waals surface area contributed by atoms with Gasteiger partial charge in [0.05, 0.1) is 12.0 Å². The van der Waals surface area contributed by atoms with Crippen LogP contribution in [-0.2, 0) is 15.6 Å². The van der Waals surface area contributed by atoms with E-state index in [9.17, 15) is 8.42 Å². The SMILES string of the molecule is O=S(=O)(CCC1CCCCN1)Cc1ccco1. The Morgan fingerprint density at radius 2 is 2.29 bits per heavy atom. The van der Waals surface area contributed by atoms with Gasteiger partial charge in [0.2, 0.25) is 0 Å². The van der Waals surface area contributed by atoms with Crippen molar-refractivity contribution in [1.82, 2.24) is 5.32 Å². The number of piperidine rings is 1. The smallest absolute Gasteiger partial charge is 0.157 e. The van der Waals surface area contributed by atoms with Crippen LogP contribution in [0.25, 0.3) is 0 Å². The molecule has 1 saturated heterocycles. The average molecular weight is 257 g/mol. The molecule has 1 unspecified atom stereocenters. The molecule has 1 fully saturated rings. The van der Waals surface area contributed by atoms with E-state index in [1.165, 1.54) is 19.1 Å². The summed E-state index contributed by atoms with van der Waals surface area (Å²) in [7, 11) is -3.04. The molecular formula is C12H19NO3S. The number of sulfone groups is 1. The lowest BCUT2D eigenvalue weighted by Crippen LogP contribution is -2.35. The number of rotatable bonds is 5. The summed E-state index contributed by atoms with van der Waals surface area (Å²) in [4.78, 5) is 0. The molecule has 4 nitrogen and oxygen atoms in total. The lowest BCUT2D eigenvalue weighted by Gasteiger charge is -2.23. The summed E-state index contributed by atoms with van der Waals surface area (Å²) < 4.78 is 28.8. The zero-order valence-electron chi connectivity index (χ0n) is 9.89. The molecule has 1 aromatic rings. The molecule has 5 heteroatoms. The van der Waals surface area contributed by atoms with Crippen LogP contribution in [0.4, 0.5) is 0 Å². The van der Waals surface area contributed by atoms with Crippen molar-refractivity contribution in [3.8, 4) is 0 Å². The molecule has 2 rings (SSSR count). The highest BCUT2D eigenvalue weighted by atomic mass is 32.2. The molecule has 0 aromatic carbocycles. The van der Waals surface area contributed by atoms with Gasteiger partial charge in [-0.3, -0.25) is 0 Å². The van der Waals surface area contributed by atoms with Crippen molar-refractivity contribution in [3.63, 3.8) is 0 Å². The molecule has 1 aromatic heterocycles. The first kappa shape index (κ1) is 12.6. The van der Waals surface area contributed by atoms with Crippen LogP contribution in [0.3, 0.4) is 0 Å². The van der Waals surface area contributed by atoms with Gasteiger partial charge >= 0.3 is 0 Å². The van der Waals surface area contributed by atoms with E-state index in [4.69, 9.17) is 4.42 Å². The molecule has 0 bridgehead atoms. The normalized spacial score (nSPS) is 21.5. The van der Waals surface area contributed by atoms with Crippen molar-refractivity contribution >= 4 is 9.84 Å². The minimum absolute atomic E-state index is 0.0206. The Morgan fingerprint density at radius 3 is 2.94 bits per heavy atom. The number of nitrogens with one attached hydrogen (secondary N) is 1. The second-order valence-electron chi connectivity index (χ2n) is 4.61. The van der Waals surface area contributed by atoms with Gasteiger partial charge in [0.1, 0.15) is 11.5 Å². The summed E-state index contributed by atoms with van der Waals surface area (Å²) in [5.41, 5.74) is 0. The van der Waals surface area contributed by atoms with Crippen molar-refractivity contribution in [2.75, 3.05) is 12.3 Å². The Labute approximate surface area is 102 Å². The Kier molecular flexibility index (Phi) is 4.23. The molecule has 0 spiro atoms. The van der Waals surface area contributed by atoms with Gasteiger partial charge in [-0.25, -0.2) is 8.42 Å². The summed E-state index contributed by atoms with van der Waals surface area (Å²) in [6, 6.07) is 3.79. The van der Waals surface area contributed by atoms with Gasteiger partial charge in [-0.05, 0) is 37.9 Å². The molecule has 2 heterocycles. The van der Waals surface area contributed by atoms with E-state index in [0.29, 0.717) is 18.2 Å². The topological polar surface area (TPSA) is 59.3 Å². The highest BCUT2D eigenvalue weighted by Gasteiger charge is 2.18. The average Bonchev–Trinajstić information content (AvgIpc) is 2.80. The van der Waals surface area contributed by atoms with Crippen LogP contribution in [0, 0.1) is 0 Å². The Balaban J connectivity index is 1.80. The molecule has 1 aliphatic rings. The predicted molar refractivity (Wildman–Crippen MR) is 66.5 cm³/mol. The number of furan rings is 1. The molecule has 1 atom stereocenters. The van der Waals surface area contributed by atoms with Gasteiger partial charge < -0.3 is 9.73 Å². The number of hydrogen-bond acceptors (Lipinski definition) is 4. The molecule has 0 amide bonds. The van der Waals surface area contributed by atoms with Crippen molar-refractivity contribution in [1.29, 1.82) is 0 Å². The summed E-state index contributed by atoms with van der Waals surface area (Å²) >= 11 is 0. The fourth-order valence-electron chi connectivity index (χ4n) is 2.18. The van der Waals surface area contributed by atoms with Crippen LogP contribution in [0.2, 0.25) is 0 Å². The van der Waals surface area contributed by atoms with E-state index >= 15 is 0 Å². The summed E-state index contributed by atoms with van der Waals surface area (Å²) in [5.74, 6) is 0.791. The molecule has 1 N–H and O–H groups in total. The molecule has 17 heavy (non-hydrogen) atoms. The van der Waals surface area contributed by atoms with E-state index in [0.717, 1.165) is 13.0 Å². The molecule has 0 saturated carbocycles. The van der Waals surface area contributed by atoms with Gasteiger partial charge in [0.25, 0.3) is 0 Å². The van der Waals surface area contributed by atoms with Crippen molar-refractivity contribution < 1.29 is 12.8 Å². The van der Waals surface area contributed by atoms with Gasteiger partial charge in [-0.2, -0.15) is 0 Å². The fourth-order valence-corrected chi connectivity index (χ4v) is 3.56. The molecule has 1 aliphatic heterocycles. The van der Waals surface area contributed by atoms with Gasteiger partial charge in [-0.15, -0.1) is 0 Å². The Morgan fingerprint density at radius 1 is 1.41 bits per heavy atom. The van der Waals surface area contributed by atoms with Crippen LogP contribution >= 0.6 is 0 Å². The quantitative estimate of drug-likeness (QED) is 0.872. The van der Waals surface area contributed by atoms with Crippen LogP contribution in [0.15, 0.2) is 22.8 Å². The molecule has 0 aliphatic carbocycles. The fraction of sp³-hybridized carbons (Fsp3) is 0.667. The molecule has 0 radical (unpaired) electrons. The third-order valence-electron chi connectivity index (χ3n) is 3.13. The minimum atomic E-state index is -3.04. The zero-order chi connectivity index (χ0) is 12.1. The first-order valence-electron chi connectivity index (χ1n) is 6.12. The molecular weight excluding hydrogens is 238 g/mol. The second kappa shape index (κ2) is 5.69. The second-order valence-corrected chi connectivity index (χ2v) is 6.79. The lowest BCUT2D eigenvalue weighted by atomic mass is 10.0. The van der Waals surface area contributed by atoms with E-state index in [2.05, 4.69) is 5.32 Å². The van der Waals surface area contributed by atoms with Crippen molar-refractivity contribution in [2.45, 2.75) is 37.5 Å². The maximum absolute atomic E-state index is 11.9. The van der Waals surface area contributed by atoms with E-state index in [1.807, 2.05) is 0 Å². The third-order valence-corrected chi connectivity index (χ3v) is 4.71. The predicted octanol–water partition coefficient (Wildman–Crippen LogP) is 1.73. The van der Waals surface area contributed by atoms with E-state index in [1.54, 1.807) is 12.1 Å². The minimum Gasteiger partial charge on any atom is -0.468 e. The van der Waals surface area contributed by atoms with Crippen LogP contribution in [0.5, 0.6) is 0 Å². The van der Waals surface area contributed by atoms with Crippen molar-refractivity contribution in [3.05, 3.63) is 24.2 Å². The van der Waals surface area contributed by atoms with E-state index < -0.39 is 9.84 Å². The third kappa shape index (κ3) is 4.16. The van der Waals surface area contributed by atoms with Gasteiger partial charge in [-0.1, -0.05) is 6.42 Å². The highest BCUT2D eigenvalue weighted by Crippen LogP contribution is 2.13. The van der Waals surface area contributed by atoms with Gasteiger partial charge in [0.15, 0.2) is 9.84 Å². The monoisotopic (exact) mass is 257 g/mol. The van der Waals surface area contributed by atoms with E-state index in [-0.39, 0.29) is 11.5 Å². The standard InChI is InChI=1S/C12H19NO3S/c14-17(15,10-12-5-3-8-16-12)9-6-11-4-1-2-7-13-11/h3,5,8,11,13H,1-2,4,6-7,9-10H2. The van der Waals surface area contributed by atoms with Crippen LogP contribution in [-0.4, -0.2) is 26.8 Å². The Hall–Kier alpha value is -0.810. The first-order valence-corrected chi connectivity index (χ1v) is 7.94.